The standard InChI is InChI=1S/C28H27ClN2O8/c1-10-15-13(11-4-6-12(29)7-5-11)8-9-14(32)17(15)22(33)18-16(10)23(34)20-21(31(2)3)24(35)19(27(30)38)26(37)28(20,39)25(18)36/h4-10,16,20-21,23,32-34,37,39H,1-3H3,(H2,30,38)/t10?,16-,20-,21+,23+,28+/m1/s1. The number of nitrogens with zero attached hydrogens (tertiary/aromatic N) is 1. The van der Waals surface area contributed by atoms with Crippen LogP contribution in [0.1, 0.15) is 24.0 Å². The number of likely N-dealkylation sites (N-methyl/N-ethyl adjacent to an activating group) is 1. The predicted octanol–water partition coefficient (Wildman–Crippen LogP) is 1.82. The molecule has 0 aliphatic heterocycles. The van der Waals surface area contributed by atoms with E-state index in [2.05, 4.69) is 0 Å². The summed E-state index contributed by atoms with van der Waals surface area (Å²) in [7, 11) is 2.92. The summed E-state index contributed by atoms with van der Waals surface area (Å²) in [6.45, 7) is 1.69. The van der Waals surface area contributed by atoms with E-state index in [0.717, 1.165) is 0 Å². The maximum absolute atomic E-state index is 14.0. The summed E-state index contributed by atoms with van der Waals surface area (Å²) >= 11 is 6.05. The van der Waals surface area contributed by atoms with Crippen molar-refractivity contribution in [1.82, 2.24) is 4.90 Å². The molecule has 6 atom stereocenters. The van der Waals surface area contributed by atoms with Crippen molar-refractivity contribution >= 4 is 34.8 Å². The monoisotopic (exact) mass is 554 g/mol. The zero-order valence-electron chi connectivity index (χ0n) is 21.2. The van der Waals surface area contributed by atoms with E-state index in [4.69, 9.17) is 17.3 Å². The van der Waals surface area contributed by atoms with Crippen molar-refractivity contribution in [1.29, 1.82) is 0 Å². The fourth-order valence-electron chi connectivity index (χ4n) is 6.58. The van der Waals surface area contributed by atoms with Crippen molar-refractivity contribution in [3.8, 4) is 16.9 Å². The van der Waals surface area contributed by atoms with Gasteiger partial charge in [-0.1, -0.05) is 36.7 Å². The molecule has 0 aromatic heterocycles. The van der Waals surface area contributed by atoms with Crippen molar-refractivity contribution in [2.24, 2.45) is 17.6 Å². The van der Waals surface area contributed by atoms with Crippen molar-refractivity contribution in [3.05, 3.63) is 69.5 Å². The van der Waals surface area contributed by atoms with Gasteiger partial charge in [0, 0.05) is 16.5 Å². The Hall–Kier alpha value is -3.70. The summed E-state index contributed by atoms with van der Waals surface area (Å²) < 4.78 is 0. The number of aromatic hydroxyl groups is 1. The summed E-state index contributed by atoms with van der Waals surface area (Å²) in [6, 6.07) is 8.40. The lowest BCUT2D eigenvalue weighted by atomic mass is 9.54. The zero-order valence-corrected chi connectivity index (χ0v) is 22.0. The van der Waals surface area contributed by atoms with Gasteiger partial charge >= 0.3 is 0 Å². The number of ketones is 2. The summed E-state index contributed by atoms with van der Waals surface area (Å²) in [5.74, 6) is -9.32. The molecule has 0 bridgehead atoms. The normalized spacial score (nSPS) is 30.3. The Morgan fingerprint density at radius 3 is 2.23 bits per heavy atom. The first-order valence-corrected chi connectivity index (χ1v) is 12.6. The highest BCUT2D eigenvalue weighted by Crippen LogP contribution is 2.57. The number of carbonyl (C=O) groups excluding carboxylic acids is 3. The largest absolute Gasteiger partial charge is 0.508 e. The number of primary amides is 1. The Kier molecular flexibility index (Phi) is 6.15. The molecule has 1 unspecified atom stereocenters. The molecule has 0 spiro atoms. The lowest BCUT2D eigenvalue weighted by molar-refractivity contribution is -0.169. The third-order valence-corrected chi connectivity index (χ3v) is 8.51. The molecule has 2 aromatic carbocycles. The third-order valence-electron chi connectivity index (χ3n) is 8.26. The number of aliphatic hydroxyl groups is 4. The van der Waals surface area contributed by atoms with Crippen LogP contribution in [0, 0.1) is 11.8 Å². The van der Waals surface area contributed by atoms with Crippen LogP contribution in [0.2, 0.25) is 5.02 Å². The molecule has 0 saturated heterocycles. The topological polar surface area (TPSA) is 182 Å². The van der Waals surface area contributed by atoms with Crippen molar-refractivity contribution in [3.63, 3.8) is 0 Å². The molecule has 2 aromatic rings. The molecule has 1 saturated carbocycles. The summed E-state index contributed by atoms with van der Waals surface area (Å²) in [5.41, 5.74) is 2.64. The minimum atomic E-state index is -2.95. The Labute approximate surface area is 228 Å². The molecule has 7 N–H and O–H groups in total. The number of hydrogen-bond acceptors (Lipinski definition) is 9. The number of phenols is 1. The van der Waals surface area contributed by atoms with E-state index in [1.807, 2.05) is 0 Å². The average Bonchev–Trinajstić information content (AvgIpc) is 2.86. The number of nitrogens with two attached hydrogens (primary N) is 1. The average molecular weight is 555 g/mol. The van der Waals surface area contributed by atoms with Crippen LogP contribution in [-0.4, -0.2) is 79.7 Å². The molecule has 39 heavy (non-hydrogen) atoms. The van der Waals surface area contributed by atoms with Gasteiger partial charge in [-0.15, -0.1) is 0 Å². The molecule has 10 nitrogen and oxygen atoms in total. The Balaban J connectivity index is 1.82. The van der Waals surface area contributed by atoms with Crippen molar-refractivity contribution in [2.45, 2.75) is 30.6 Å². The number of halogens is 1. The second-order valence-electron chi connectivity index (χ2n) is 10.5. The van der Waals surface area contributed by atoms with Gasteiger partial charge in [-0.05, 0) is 54.9 Å². The number of carbonyl (C=O) groups is 3. The predicted molar refractivity (Wildman–Crippen MR) is 141 cm³/mol. The number of phenolic OH excluding ortho intramolecular Hbond substituents is 1. The fraction of sp³-hybridized carbons (Fsp3) is 0.321. The molecule has 11 heteroatoms. The number of amides is 1. The van der Waals surface area contributed by atoms with Crippen LogP contribution in [0.3, 0.4) is 0 Å². The first-order chi connectivity index (χ1) is 18.2. The first kappa shape index (κ1) is 26.9. The van der Waals surface area contributed by atoms with Gasteiger partial charge in [0.2, 0.25) is 5.78 Å². The van der Waals surface area contributed by atoms with Gasteiger partial charge in [0.25, 0.3) is 5.91 Å². The molecule has 3 aliphatic carbocycles. The van der Waals surface area contributed by atoms with Crippen LogP contribution in [-0.2, 0) is 14.4 Å². The van der Waals surface area contributed by atoms with E-state index in [1.165, 1.54) is 25.1 Å². The highest BCUT2D eigenvalue weighted by atomic mass is 35.5. The van der Waals surface area contributed by atoms with Gasteiger partial charge in [0.15, 0.2) is 11.4 Å². The minimum Gasteiger partial charge on any atom is -0.508 e. The van der Waals surface area contributed by atoms with Gasteiger partial charge in [-0.25, -0.2) is 0 Å². The second-order valence-corrected chi connectivity index (χ2v) is 10.9. The fourth-order valence-corrected chi connectivity index (χ4v) is 6.70. The van der Waals surface area contributed by atoms with Crippen molar-refractivity contribution < 1.29 is 39.9 Å². The van der Waals surface area contributed by atoms with E-state index >= 15 is 0 Å². The number of rotatable bonds is 3. The van der Waals surface area contributed by atoms with E-state index in [-0.39, 0.29) is 11.3 Å². The molecule has 5 rings (SSSR count). The summed E-state index contributed by atoms with van der Waals surface area (Å²) in [4.78, 5) is 40.8. The number of fused-ring (bicyclic) bond motifs is 3. The Bertz CT molecular complexity index is 1510. The number of hydrogen-bond donors (Lipinski definition) is 6. The minimum absolute atomic E-state index is 0.0709. The molecule has 204 valence electrons. The molecule has 1 amide bonds. The maximum Gasteiger partial charge on any atom is 0.255 e. The SMILES string of the molecule is CC1c2c(-c3ccc(Cl)cc3)ccc(O)c2C(O)=C2C(=O)[C@]3(O)C(O)=C(C(N)=O)C(=O)[C@@H](N(C)C)[C@@H]3[C@@H](O)[C@@H]21. The third kappa shape index (κ3) is 3.49. The molecular formula is C28H27ClN2O8. The van der Waals surface area contributed by atoms with Crippen LogP contribution in [0.25, 0.3) is 16.9 Å². The lowest BCUT2D eigenvalue weighted by Crippen LogP contribution is -2.70. The van der Waals surface area contributed by atoms with Gasteiger partial charge in [0.1, 0.15) is 22.8 Å². The zero-order chi connectivity index (χ0) is 28.7. The highest BCUT2D eigenvalue weighted by Gasteiger charge is 2.68. The van der Waals surface area contributed by atoms with Gasteiger partial charge in [0.05, 0.1) is 23.6 Å². The number of aliphatic hydroxyl groups excluding tert-OH is 3. The maximum atomic E-state index is 14.0. The van der Waals surface area contributed by atoms with Crippen molar-refractivity contribution in [2.75, 3.05) is 14.1 Å². The van der Waals surface area contributed by atoms with Crippen LogP contribution in [0.5, 0.6) is 5.75 Å². The van der Waals surface area contributed by atoms with Crippen LogP contribution >= 0.6 is 11.6 Å². The van der Waals surface area contributed by atoms with Gasteiger partial charge in [-0.3, -0.25) is 19.3 Å². The van der Waals surface area contributed by atoms with E-state index in [1.54, 1.807) is 37.3 Å². The van der Waals surface area contributed by atoms with Crippen LogP contribution < -0.4 is 5.73 Å². The molecular weight excluding hydrogens is 528 g/mol. The number of benzene rings is 2. The smallest absolute Gasteiger partial charge is 0.255 e. The van der Waals surface area contributed by atoms with Gasteiger partial charge in [-0.2, -0.15) is 0 Å². The Morgan fingerprint density at radius 2 is 1.67 bits per heavy atom. The second kappa shape index (κ2) is 8.92. The molecule has 0 radical (unpaired) electrons. The van der Waals surface area contributed by atoms with E-state index in [9.17, 15) is 39.9 Å². The Morgan fingerprint density at radius 1 is 1.05 bits per heavy atom. The molecule has 0 heterocycles. The van der Waals surface area contributed by atoms with Crippen LogP contribution in [0.4, 0.5) is 0 Å². The highest BCUT2D eigenvalue weighted by molar-refractivity contribution is 6.30. The molecule has 1 fully saturated rings. The van der Waals surface area contributed by atoms with Gasteiger partial charge < -0.3 is 31.3 Å². The van der Waals surface area contributed by atoms with E-state index in [0.29, 0.717) is 21.7 Å². The van der Waals surface area contributed by atoms with Crippen LogP contribution in [0.15, 0.2) is 53.3 Å². The quantitative estimate of drug-likeness (QED) is 0.308. The van der Waals surface area contributed by atoms with E-state index < -0.39 is 75.6 Å². The number of Topliss-reactive ketones (excluding diaryl/α,β-unsaturated/α-hetero) is 2. The first-order valence-electron chi connectivity index (χ1n) is 12.2. The lowest BCUT2D eigenvalue weighted by Gasteiger charge is -2.53. The molecule has 3 aliphatic rings. The summed E-state index contributed by atoms with van der Waals surface area (Å²) in [5, 5.41) is 57.2. The summed E-state index contributed by atoms with van der Waals surface area (Å²) in [6.07, 6.45) is -1.67.